The molecule has 2 aromatic rings. The van der Waals surface area contributed by atoms with Gasteiger partial charge in [-0.05, 0) is 30.2 Å². The van der Waals surface area contributed by atoms with Gasteiger partial charge in [-0.25, -0.2) is 0 Å². The van der Waals surface area contributed by atoms with Gasteiger partial charge in [0.05, 0.1) is 13.7 Å². The number of methoxy groups -OCH3 is 1. The smallest absolute Gasteiger partial charge is 0.185 e. The summed E-state index contributed by atoms with van der Waals surface area (Å²) in [5.41, 5.74) is 1.58. The van der Waals surface area contributed by atoms with E-state index < -0.39 is 0 Å². The second-order valence-corrected chi connectivity index (χ2v) is 5.53. The maximum Gasteiger partial charge on any atom is 0.185 e. The van der Waals surface area contributed by atoms with Crippen molar-refractivity contribution in [2.24, 2.45) is 0 Å². The standard InChI is InChI=1S/C21H24O3/c1-3-4-8-15-24-20-14-12-17(16-21(20)23-2)11-13-19(22)18-9-6-5-7-10-18/h5-7,9-14,16H,3-4,8,15H2,1-2H3/b13-11+. The third-order valence-corrected chi connectivity index (χ3v) is 3.68. The molecule has 0 atom stereocenters. The van der Waals surface area contributed by atoms with Crippen molar-refractivity contribution in [1.29, 1.82) is 0 Å². The van der Waals surface area contributed by atoms with E-state index in [1.807, 2.05) is 36.4 Å². The van der Waals surface area contributed by atoms with Crippen LogP contribution in [0.1, 0.15) is 42.1 Å². The van der Waals surface area contributed by atoms with E-state index in [0.29, 0.717) is 17.9 Å². The number of benzene rings is 2. The van der Waals surface area contributed by atoms with E-state index in [-0.39, 0.29) is 5.78 Å². The Bertz CT molecular complexity index is 675. The predicted octanol–water partition coefficient (Wildman–Crippen LogP) is 5.16. The minimum Gasteiger partial charge on any atom is -0.493 e. The van der Waals surface area contributed by atoms with Gasteiger partial charge in [0.25, 0.3) is 0 Å². The first-order chi connectivity index (χ1) is 11.7. The van der Waals surface area contributed by atoms with Crippen LogP contribution in [0.3, 0.4) is 0 Å². The molecule has 0 radical (unpaired) electrons. The number of carbonyl (C=O) groups excluding carboxylic acids is 1. The van der Waals surface area contributed by atoms with Gasteiger partial charge in [-0.2, -0.15) is 0 Å². The molecule has 0 bridgehead atoms. The molecule has 0 spiro atoms. The first-order valence-electron chi connectivity index (χ1n) is 8.33. The van der Waals surface area contributed by atoms with E-state index in [4.69, 9.17) is 9.47 Å². The Hall–Kier alpha value is -2.55. The molecular formula is C21H24O3. The summed E-state index contributed by atoms with van der Waals surface area (Å²) in [6.07, 6.45) is 6.72. The van der Waals surface area contributed by atoms with Crippen molar-refractivity contribution in [2.45, 2.75) is 26.2 Å². The molecule has 0 aliphatic heterocycles. The highest BCUT2D eigenvalue weighted by molar-refractivity contribution is 6.06. The highest BCUT2D eigenvalue weighted by atomic mass is 16.5. The second-order valence-electron chi connectivity index (χ2n) is 5.53. The molecule has 0 heterocycles. The van der Waals surface area contributed by atoms with Crippen molar-refractivity contribution in [2.75, 3.05) is 13.7 Å². The fraction of sp³-hybridized carbons (Fsp3) is 0.286. The van der Waals surface area contributed by atoms with Crippen LogP contribution in [-0.2, 0) is 0 Å². The Labute approximate surface area is 143 Å². The Balaban J connectivity index is 2.03. The summed E-state index contributed by atoms with van der Waals surface area (Å²) in [5, 5.41) is 0. The summed E-state index contributed by atoms with van der Waals surface area (Å²) in [6.45, 7) is 2.85. The van der Waals surface area contributed by atoms with Crippen LogP contribution in [0.15, 0.2) is 54.6 Å². The van der Waals surface area contributed by atoms with Crippen molar-refractivity contribution in [3.63, 3.8) is 0 Å². The summed E-state index contributed by atoms with van der Waals surface area (Å²) >= 11 is 0. The zero-order chi connectivity index (χ0) is 17.2. The van der Waals surface area contributed by atoms with E-state index in [1.165, 1.54) is 6.42 Å². The lowest BCUT2D eigenvalue weighted by Crippen LogP contribution is -1.99. The van der Waals surface area contributed by atoms with Crippen LogP contribution in [0.5, 0.6) is 11.5 Å². The van der Waals surface area contributed by atoms with Gasteiger partial charge in [-0.15, -0.1) is 0 Å². The van der Waals surface area contributed by atoms with Gasteiger partial charge in [0.15, 0.2) is 17.3 Å². The maximum absolute atomic E-state index is 12.1. The number of hydrogen-bond acceptors (Lipinski definition) is 3. The Morgan fingerprint density at radius 3 is 2.54 bits per heavy atom. The second kappa shape index (κ2) is 9.56. The SMILES string of the molecule is CCCCCOc1ccc(/C=C/C(=O)c2ccccc2)cc1OC. The number of rotatable bonds is 9. The van der Waals surface area contributed by atoms with E-state index in [1.54, 1.807) is 31.4 Å². The van der Waals surface area contributed by atoms with Crippen LogP contribution in [0.25, 0.3) is 6.08 Å². The van der Waals surface area contributed by atoms with Crippen molar-refractivity contribution in [3.05, 3.63) is 65.7 Å². The van der Waals surface area contributed by atoms with Gasteiger partial charge in [0.2, 0.25) is 0 Å². The van der Waals surface area contributed by atoms with Crippen LogP contribution in [-0.4, -0.2) is 19.5 Å². The molecule has 0 saturated heterocycles. The largest absolute Gasteiger partial charge is 0.493 e. The summed E-state index contributed by atoms with van der Waals surface area (Å²) in [7, 11) is 1.62. The van der Waals surface area contributed by atoms with Crippen molar-refractivity contribution in [1.82, 2.24) is 0 Å². The molecule has 0 aliphatic rings. The minimum absolute atomic E-state index is 0.0190. The van der Waals surface area contributed by atoms with E-state index >= 15 is 0 Å². The quantitative estimate of drug-likeness (QED) is 0.363. The van der Waals surface area contributed by atoms with Crippen LogP contribution < -0.4 is 9.47 Å². The van der Waals surface area contributed by atoms with Gasteiger partial charge >= 0.3 is 0 Å². The number of carbonyl (C=O) groups is 1. The molecule has 0 saturated carbocycles. The Morgan fingerprint density at radius 1 is 1.04 bits per heavy atom. The van der Waals surface area contributed by atoms with Crippen molar-refractivity contribution >= 4 is 11.9 Å². The zero-order valence-corrected chi connectivity index (χ0v) is 14.3. The summed E-state index contributed by atoms with van der Waals surface area (Å²) in [6, 6.07) is 14.9. The third kappa shape index (κ3) is 5.27. The molecule has 0 unspecified atom stereocenters. The van der Waals surface area contributed by atoms with Crippen LogP contribution >= 0.6 is 0 Å². The summed E-state index contributed by atoms with van der Waals surface area (Å²) < 4.78 is 11.2. The van der Waals surface area contributed by atoms with Crippen LogP contribution in [0, 0.1) is 0 Å². The van der Waals surface area contributed by atoms with Crippen LogP contribution in [0.4, 0.5) is 0 Å². The molecule has 2 rings (SSSR count). The van der Waals surface area contributed by atoms with Crippen LogP contribution in [0.2, 0.25) is 0 Å². The average molecular weight is 324 g/mol. The molecule has 0 fully saturated rings. The van der Waals surface area contributed by atoms with Crippen molar-refractivity contribution < 1.29 is 14.3 Å². The molecule has 24 heavy (non-hydrogen) atoms. The molecule has 0 amide bonds. The molecule has 126 valence electrons. The van der Waals surface area contributed by atoms with Gasteiger partial charge < -0.3 is 9.47 Å². The molecular weight excluding hydrogens is 300 g/mol. The van der Waals surface area contributed by atoms with E-state index in [9.17, 15) is 4.79 Å². The van der Waals surface area contributed by atoms with E-state index in [0.717, 1.165) is 24.2 Å². The first kappa shape index (κ1) is 17.8. The molecule has 2 aromatic carbocycles. The number of ether oxygens (including phenoxy) is 2. The highest BCUT2D eigenvalue weighted by Crippen LogP contribution is 2.28. The molecule has 3 heteroatoms. The molecule has 0 N–H and O–H groups in total. The highest BCUT2D eigenvalue weighted by Gasteiger charge is 2.05. The summed E-state index contributed by atoms with van der Waals surface area (Å²) in [4.78, 5) is 12.1. The lowest BCUT2D eigenvalue weighted by molar-refractivity contribution is 0.104. The average Bonchev–Trinajstić information content (AvgIpc) is 2.64. The fourth-order valence-corrected chi connectivity index (χ4v) is 2.31. The van der Waals surface area contributed by atoms with Gasteiger partial charge in [-0.1, -0.05) is 62.2 Å². The third-order valence-electron chi connectivity index (χ3n) is 3.68. The zero-order valence-electron chi connectivity index (χ0n) is 14.3. The van der Waals surface area contributed by atoms with E-state index in [2.05, 4.69) is 6.92 Å². The topological polar surface area (TPSA) is 35.5 Å². The predicted molar refractivity (Wildman–Crippen MR) is 97.8 cm³/mol. The Morgan fingerprint density at radius 2 is 1.83 bits per heavy atom. The monoisotopic (exact) mass is 324 g/mol. The molecule has 0 aromatic heterocycles. The minimum atomic E-state index is -0.0190. The normalized spacial score (nSPS) is 10.8. The maximum atomic E-state index is 12.1. The number of allylic oxidation sites excluding steroid dienone is 1. The summed E-state index contributed by atoms with van der Waals surface area (Å²) in [5.74, 6) is 1.40. The first-order valence-corrected chi connectivity index (χ1v) is 8.33. The van der Waals surface area contributed by atoms with Gasteiger partial charge in [0, 0.05) is 5.56 Å². The fourth-order valence-electron chi connectivity index (χ4n) is 2.31. The van der Waals surface area contributed by atoms with Gasteiger partial charge in [0.1, 0.15) is 0 Å². The van der Waals surface area contributed by atoms with Crippen molar-refractivity contribution in [3.8, 4) is 11.5 Å². The lowest BCUT2D eigenvalue weighted by atomic mass is 10.1. The number of hydrogen-bond donors (Lipinski definition) is 0. The van der Waals surface area contributed by atoms with Gasteiger partial charge in [-0.3, -0.25) is 4.79 Å². The lowest BCUT2D eigenvalue weighted by Gasteiger charge is -2.11. The molecule has 3 nitrogen and oxygen atoms in total. The molecule has 0 aliphatic carbocycles. The Kier molecular flexibility index (Phi) is 7.09. The number of unbranched alkanes of at least 4 members (excludes halogenated alkanes) is 2. The number of ketones is 1.